The average molecular weight is 242 g/mol. The molecule has 6 heteroatoms. The minimum absolute atomic E-state index is 0.0229. The molecular weight excluding hydrogens is 224 g/mol. The van der Waals surface area contributed by atoms with E-state index in [-0.39, 0.29) is 12.0 Å². The number of rotatable bonds is 1. The largest absolute Gasteiger partial charge is 0.465 e. The van der Waals surface area contributed by atoms with E-state index < -0.39 is 6.09 Å². The molecule has 1 unspecified atom stereocenters. The fraction of sp³-hybridized carbons (Fsp3) is 0.818. The van der Waals surface area contributed by atoms with E-state index in [2.05, 4.69) is 0 Å². The van der Waals surface area contributed by atoms with Crippen LogP contribution >= 0.6 is 0 Å². The van der Waals surface area contributed by atoms with Gasteiger partial charge in [0, 0.05) is 32.8 Å². The SMILES string of the molecule is O=C(O)N1CCCN(C(=O)C2CCCO2)CC1. The molecular formula is C11H18N2O4. The normalized spacial score (nSPS) is 25.8. The van der Waals surface area contributed by atoms with Gasteiger partial charge in [-0.15, -0.1) is 0 Å². The first-order valence-corrected chi connectivity index (χ1v) is 6.07. The summed E-state index contributed by atoms with van der Waals surface area (Å²) in [5, 5.41) is 8.90. The fourth-order valence-electron chi connectivity index (χ4n) is 2.31. The van der Waals surface area contributed by atoms with E-state index in [0.717, 1.165) is 12.8 Å². The highest BCUT2D eigenvalue weighted by Crippen LogP contribution is 2.16. The summed E-state index contributed by atoms with van der Waals surface area (Å²) >= 11 is 0. The Bertz CT molecular complexity index is 302. The monoisotopic (exact) mass is 242 g/mol. The molecule has 0 radical (unpaired) electrons. The molecule has 2 aliphatic rings. The Morgan fingerprint density at radius 3 is 2.41 bits per heavy atom. The van der Waals surface area contributed by atoms with Crippen LogP contribution in [0, 0.1) is 0 Å². The van der Waals surface area contributed by atoms with E-state index in [0.29, 0.717) is 39.2 Å². The molecule has 0 aromatic carbocycles. The van der Waals surface area contributed by atoms with Crippen LogP contribution in [0.15, 0.2) is 0 Å². The van der Waals surface area contributed by atoms with Crippen LogP contribution in [-0.4, -0.2) is 65.8 Å². The van der Waals surface area contributed by atoms with Crippen molar-refractivity contribution in [3.8, 4) is 0 Å². The second kappa shape index (κ2) is 5.35. The highest BCUT2D eigenvalue weighted by Gasteiger charge is 2.29. The lowest BCUT2D eigenvalue weighted by Crippen LogP contribution is -2.41. The molecule has 2 aliphatic heterocycles. The molecule has 0 bridgehead atoms. The summed E-state index contributed by atoms with van der Waals surface area (Å²) in [7, 11) is 0. The van der Waals surface area contributed by atoms with Gasteiger partial charge in [-0.05, 0) is 19.3 Å². The number of carboxylic acid groups (broad SMARTS) is 1. The topological polar surface area (TPSA) is 70.1 Å². The first-order chi connectivity index (χ1) is 8.18. The molecule has 0 spiro atoms. The van der Waals surface area contributed by atoms with Crippen LogP contribution in [0.5, 0.6) is 0 Å². The van der Waals surface area contributed by atoms with Gasteiger partial charge in [0.25, 0.3) is 5.91 Å². The maximum absolute atomic E-state index is 12.1. The Morgan fingerprint density at radius 1 is 1.06 bits per heavy atom. The first kappa shape index (κ1) is 12.2. The van der Waals surface area contributed by atoms with Crippen molar-refractivity contribution in [3.05, 3.63) is 0 Å². The highest BCUT2D eigenvalue weighted by molar-refractivity contribution is 5.81. The van der Waals surface area contributed by atoms with Crippen molar-refractivity contribution >= 4 is 12.0 Å². The predicted molar refractivity (Wildman–Crippen MR) is 59.8 cm³/mol. The van der Waals surface area contributed by atoms with E-state index in [4.69, 9.17) is 9.84 Å². The van der Waals surface area contributed by atoms with Gasteiger partial charge < -0.3 is 19.6 Å². The van der Waals surface area contributed by atoms with Gasteiger partial charge in [0.2, 0.25) is 0 Å². The Hall–Kier alpha value is -1.30. The standard InChI is InChI=1S/C11H18N2O4/c14-10(9-3-1-8-17-9)12-4-2-5-13(7-6-12)11(15)16/h9H,1-8H2,(H,15,16). The number of carbonyl (C=O) groups is 2. The van der Waals surface area contributed by atoms with Crippen LogP contribution in [0.4, 0.5) is 4.79 Å². The number of carbonyl (C=O) groups excluding carboxylic acids is 1. The second-order valence-corrected chi connectivity index (χ2v) is 4.45. The van der Waals surface area contributed by atoms with Gasteiger partial charge in [0.1, 0.15) is 6.10 Å². The predicted octanol–water partition coefficient (Wildman–Crippen LogP) is 0.378. The summed E-state index contributed by atoms with van der Waals surface area (Å²) < 4.78 is 5.36. The van der Waals surface area contributed by atoms with Crippen molar-refractivity contribution in [3.63, 3.8) is 0 Å². The Kier molecular flexibility index (Phi) is 3.83. The summed E-state index contributed by atoms with van der Waals surface area (Å²) in [4.78, 5) is 26.0. The summed E-state index contributed by atoms with van der Waals surface area (Å²) in [6, 6.07) is 0. The third-order valence-corrected chi connectivity index (χ3v) is 3.28. The van der Waals surface area contributed by atoms with Gasteiger partial charge in [0.05, 0.1) is 0 Å². The molecule has 96 valence electrons. The van der Waals surface area contributed by atoms with E-state index in [1.165, 1.54) is 4.90 Å². The molecule has 0 aromatic heterocycles. The number of ether oxygens (including phenoxy) is 1. The Balaban J connectivity index is 1.89. The van der Waals surface area contributed by atoms with E-state index in [9.17, 15) is 9.59 Å². The van der Waals surface area contributed by atoms with Crippen molar-refractivity contribution < 1.29 is 19.4 Å². The van der Waals surface area contributed by atoms with Crippen LogP contribution < -0.4 is 0 Å². The van der Waals surface area contributed by atoms with E-state index in [1.807, 2.05) is 0 Å². The zero-order valence-corrected chi connectivity index (χ0v) is 9.80. The van der Waals surface area contributed by atoms with Crippen molar-refractivity contribution in [2.75, 3.05) is 32.8 Å². The van der Waals surface area contributed by atoms with Crippen molar-refractivity contribution in [1.29, 1.82) is 0 Å². The number of amides is 2. The fourth-order valence-corrected chi connectivity index (χ4v) is 2.31. The maximum atomic E-state index is 12.1. The van der Waals surface area contributed by atoms with Gasteiger partial charge in [-0.25, -0.2) is 4.79 Å². The third-order valence-electron chi connectivity index (χ3n) is 3.28. The van der Waals surface area contributed by atoms with Gasteiger partial charge in [-0.1, -0.05) is 0 Å². The third kappa shape index (κ3) is 2.88. The quantitative estimate of drug-likeness (QED) is 0.721. The molecule has 17 heavy (non-hydrogen) atoms. The summed E-state index contributed by atoms with van der Waals surface area (Å²) in [6.45, 7) is 2.66. The molecule has 0 aromatic rings. The molecule has 2 saturated heterocycles. The summed E-state index contributed by atoms with van der Waals surface area (Å²) in [6.07, 6.45) is 1.22. The van der Waals surface area contributed by atoms with Crippen molar-refractivity contribution in [2.45, 2.75) is 25.4 Å². The van der Waals surface area contributed by atoms with E-state index >= 15 is 0 Å². The van der Waals surface area contributed by atoms with Crippen LogP contribution in [0.25, 0.3) is 0 Å². The first-order valence-electron chi connectivity index (χ1n) is 6.07. The molecule has 2 fully saturated rings. The number of hydrogen-bond donors (Lipinski definition) is 1. The highest BCUT2D eigenvalue weighted by atomic mass is 16.5. The van der Waals surface area contributed by atoms with Gasteiger partial charge >= 0.3 is 6.09 Å². The van der Waals surface area contributed by atoms with Gasteiger partial charge in [-0.3, -0.25) is 4.79 Å². The molecule has 0 saturated carbocycles. The molecule has 2 heterocycles. The Morgan fingerprint density at radius 2 is 1.76 bits per heavy atom. The van der Waals surface area contributed by atoms with Gasteiger partial charge in [-0.2, -0.15) is 0 Å². The van der Waals surface area contributed by atoms with Crippen molar-refractivity contribution in [1.82, 2.24) is 9.80 Å². The van der Waals surface area contributed by atoms with Crippen LogP contribution in [-0.2, 0) is 9.53 Å². The number of hydrogen-bond acceptors (Lipinski definition) is 3. The lowest BCUT2D eigenvalue weighted by Gasteiger charge is -2.23. The van der Waals surface area contributed by atoms with Crippen LogP contribution in [0.3, 0.4) is 0 Å². The maximum Gasteiger partial charge on any atom is 0.407 e. The van der Waals surface area contributed by atoms with Crippen molar-refractivity contribution in [2.24, 2.45) is 0 Å². The molecule has 6 nitrogen and oxygen atoms in total. The second-order valence-electron chi connectivity index (χ2n) is 4.45. The van der Waals surface area contributed by atoms with E-state index in [1.54, 1.807) is 4.90 Å². The minimum atomic E-state index is -0.906. The minimum Gasteiger partial charge on any atom is -0.465 e. The van der Waals surface area contributed by atoms with Crippen LogP contribution in [0.2, 0.25) is 0 Å². The zero-order valence-electron chi connectivity index (χ0n) is 9.80. The molecule has 1 N–H and O–H groups in total. The molecule has 0 aliphatic carbocycles. The lowest BCUT2D eigenvalue weighted by atomic mass is 10.2. The Labute approximate surface area is 100 Å². The molecule has 1 atom stereocenters. The van der Waals surface area contributed by atoms with Crippen LogP contribution in [0.1, 0.15) is 19.3 Å². The smallest absolute Gasteiger partial charge is 0.407 e. The number of nitrogens with zero attached hydrogens (tertiary/aromatic N) is 2. The van der Waals surface area contributed by atoms with Gasteiger partial charge in [0.15, 0.2) is 0 Å². The zero-order chi connectivity index (χ0) is 12.3. The average Bonchev–Trinajstić information content (AvgIpc) is 2.71. The molecule has 2 rings (SSSR count). The lowest BCUT2D eigenvalue weighted by molar-refractivity contribution is -0.140. The molecule has 2 amide bonds. The summed E-state index contributed by atoms with van der Waals surface area (Å²) in [5.74, 6) is 0.0229. The summed E-state index contributed by atoms with van der Waals surface area (Å²) in [5.41, 5.74) is 0.